The second kappa shape index (κ2) is 10.6. The van der Waals surface area contributed by atoms with Crippen LogP contribution in [0.1, 0.15) is 51.9 Å². The first kappa shape index (κ1) is 18.3. The Morgan fingerprint density at radius 3 is 2.68 bits per heavy atom. The van der Waals surface area contributed by atoms with Crippen molar-refractivity contribution < 1.29 is 0 Å². The summed E-state index contributed by atoms with van der Waals surface area (Å²) in [6.07, 6.45) is 13.9. The highest BCUT2D eigenvalue weighted by Crippen LogP contribution is 2.30. The lowest BCUT2D eigenvalue weighted by Gasteiger charge is -2.37. The largest absolute Gasteiger partial charge is 0.303 e. The Kier molecular flexibility index (Phi) is 8.84. The van der Waals surface area contributed by atoms with E-state index in [1.165, 1.54) is 68.8 Å². The minimum atomic E-state index is 0.658. The van der Waals surface area contributed by atoms with E-state index in [0.29, 0.717) is 6.04 Å². The molecule has 0 aromatic carbocycles. The molecule has 1 saturated carbocycles. The van der Waals surface area contributed by atoms with E-state index < -0.39 is 0 Å². The molecular formula is C18H30N2S2. The molecule has 0 bridgehead atoms. The Bertz CT molecular complexity index is 405. The van der Waals surface area contributed by atoms with Crippen LogP contribution in [0.15, 0.2) is 10.3 Å². The lowest BCUT2D eigenvalue weighted by atomic mass is 9.84. The van der Waals surface area contributed by atoms with E-state index in [1.807, 2.05) is 13.0 Å². The maximum atomic E-state index is 3.75. The number of thioether (sulfide) groups is 1. The molecule has 1 N–H and O–H groups in total. The zero-order valence-electron chi connectivity index (χ0n) is 14.1. The molecule has 0 aromatic heterocycles. The number of hydrogen-bond acceptors (Lipinski definition) is 4. The molecule has 1 aliphatic carbocycles. The average molecular weight is 339 g/mol. The van der Waals surface area contributed by atoms with E-state index in [9.17, 15) is 0 Å². The number of nitrogens with one attached hydrogen (secondary N) is 1. The van der Waals surface area contributed by atoms with E-state index >= 15 is 0 Å². The quantitative estimate of drug-likeness (QED) is 0.566. The minimum absolute atomic E-state index is 0.658. The number of nitrogens with zero attached hydrogens (tertiary/aromatic N) is 1. The van der Waals surface area contributed by atoms with Crippen LogP contribution in [-0.2, 0) is 0 Å². The Morgan fingerprint density at radius 1 is 1.18 bits per heavy atom. The summed E-state index contributed by atoms with van der Waals surface area (Å²) in [5.74, 6) is 6.83. The van der Waals surface area contributed by atoms with E-state index in [2.05, 4.69) is 27.7 Å². The molecule has 2 fully saturated rings. The fourth-order valence-electron chi connectivity index (χ4n) is 3.45. The summed E-state index contributed by atoms with van der Waals surface area (Å²) in [5, 5.41) is 0. The van der Waals surface area contributed by atoms with Gasteiger partial charge in [0.05, 0.1) is 4.24 Å². The third-order valence-electron chi connectivity index (χ3n) is 4.70. The van der Waals surface area contributed by atoms with Gasteiger partial charge in [-0.25, -0.2) is 0 Å². The molecule has 0 spiro atoms. The third-order valence-corrected chi connectivity index (χ3v) is 6.71. The van der Waals surface area contributed by atoms with Gasteiger partial charge in [-0.3, -0.25) is 4.72 Å². The maximum absolute atomic E-state index is 3.75. The molecule has 0 amide bonds. The third kappa shape index (κ3) is 6.20. The lowest BCUT2D eigenvalue weighted by molar-refractivity contribution is 0.157. The Labute approximate surface area is 145 Å². The molecule has 1 heterocycles. The first-order valence-electron chi connectivity index (χ1n) is 8.64. The number of allylic oxidation sites excluding steroid dienone is 1. The van der Waals surface area contributed by atoms with Crippen molar-refractivity contribution in [2.75, 3.05) is 25.9 Å². The van der Waals surface area contributed by atoms with Crippen molar-refractivity contribution in [1.82, 2.24) is 9.62 Å². The molecule has 2 aliphatic rings. The molecule has 1 aliphatic heterocycles. The van der Waals surface area contributed by atoms with Gasteiger partial charge in [0.25, 0.3) is 0 Å². The van der Waals surface area contributed by atoms with Crippen LogP contribution in [0.25, 0.3) is 0 Å². The van der Waals surface area contributed by atoms with Crippen molar-refractivity contribution in [3.63, 3.8) is 0 Å². The molecule has 2 rings (SSSR count). The fraction of sp³-hybridized carbons (Fsp3) is 0.778. The second-order valence-corrected chi connectivity index (χ2v) is 8.28. The summed E-state index contributed by atoms with van der Waals surface area (Å²) in [6.45, 7) is 5.82. The van der Waals surface area contributed by atoms with Crippen molar-refractivity contribution in [2.45, 2.75) is 57.9 Å². The molecule has 1 saturated heterocycles. The normalized spacial score (nSPS) is 27.3. The van der Waals surface area contributed by atoms with Gasteiger partial charge in [-0.1, -0.05) is 25.2 Å². The topological polar surface area (TPSA) is 15.3 Å². The Hall–Kier alpha value is -0.0800. The zero-order chi connectivity index (χ0) is 15.6. The van der Waals surface area contributed by atoms with E-state index in [-0.39, 0.29) is 0 Å². The summed E-state index contributed by atoms with van der Waals surface area (Å²) in [4.78, 5) is 2.70. The lowest BCUT2D eigenvalue weighted by Crippen LogP contribution is -2.43. The van der Waals surface area contributed by atoms with Gasteiger partial charge in [0.15, 0.2) is 0 Å². The van der Waals surface area contributed by atoms with Crippen LogP contribution in [0.4, 0.5) is 0 Å². The number of hydrogen-bond donors (Lipinski definition) is 1. The van der Waals surface area contributed by atoms with Crippen molar-refractivity contribution in [3.05, 3.63) is 10.3 Å². The van der Waals surface area contributed by atoms with Crippen LogP contribution in [0.5, 0.6) is 0 Å². The Morgan fingerprint density at radius 2 is 1.95 bits per heavy atom. The van der Waals surface area contributed by atoms with Crippen molar-refractivity contribution in [3.8, 4) is 11.8 Å². The van der Waals surface area contributed by atoms with Gasteiger partial charge in [0.2, 0.25) is 0 Å². The van der Waals surface area contributed by atoms with Crippen LogP contribution >= 0.6 is 23.7 Å². The molecule has 22 heavy (non-hydrogen) atoms. The highest BCUT2D eigenvalue weighted by molar-refractivity contribution is 8.21. The summed E-state index contributed by atoms with van der Waals surface area (Å²) in [7, 11) is 0. The molecule has 4 heteroatoms. The van der Waals surface area contributed by atoms with Gasteiger partial charge in [0.1, 0.15) is 0 Å². The SMILES string of the molecule is CC#C/C=C(\SC)SNC1CCCC[C@H]1CN1CCCCC1. The van der Waals surface area contributed by atoms with Crippen LogP contribution in [0.2, 0.25) is 0 Å². The van der Waals surface area contributed by atoms with Crippen LogP contribution < -0.4 is 4.72 Å². The Balaban J connectivity index is 1.84. The summed E-state index contributed by atoms with van der Waals surface area (Å²) < 4.78 is 5.03. The highest BCUT2D eigenvalue weighted by atomic mass is 32.2. The standard InChI is InChI=1S/C18H30N2S2/c1-3-4-12-18(21-2)22-19-17-11-7-6-10-16(17)15-20-13-8-5-9-14-20/h12,16-17,19H,5-11,13-15H2,1-2H3/b18-12+/t16-,17?/m0/s1. The van der Waals surface area contributed by atoms with E-state index in [4.69, 9.17) is 0 Å². The number of likely N-dealkylation sites (tertiary alicyclic amines) is 1. The number of rotatable bonds is 6. The predicted octanol–water partition coefficient (Wildman–Crippen LogP) is 4.50. The first-order chi connectivity index (χ1) is 10.8. The van der Waals surface area contributed by atoms with Crippen molar-refractivity contribution in [2.24, 2.45) is 5.92 Å². The molecule has 124 valence electrons. The smallest absolute Gasteiger partial charge is 0.0637 e. The van der Waals surface area contributed by atoms with Crippen LogP contribution in [0, 0.1) is 17.8 Å². The van der Waals surface area contributed by atoms with Gasteiger partial charge in [-0.2, -0.15) is 0 Å². The first-order valence-corrected chi connectivity index (χ1v) is 10.7. The van der Waals surface area contributed by atoms with Gasteiger partial charge < -0.3 is 4.90 Å². The fourth-order valence-corrected chi connectivity index (χ4v) is 4.80. The minimum Gasteiger partial charge on any atom is -0.303 e. The van der Waals surface area contributed by atoms with Crippen molar-refractivity contribution >= 4 is 23.7 Å². The van der Waals surface area contributed by atoms with Crippen LogP contribution in [0.3, 0.4) is 0 Å². The second-order valence-electron chi connectivity index (χ2n) is 6.29. The van der Waals surface area contributed by atoms with Gasteiger partial charge >= 0.3 is 0 Å². The average Bonchev–Trinajstić information content (AvgIpc) is 2.57. The van der Waals surface area contributed by atoms with Crippen molar-refractivity contribution in [1.29, 1.82) is 0 Å². The predicted molar refractivity (Wildman–Crippen MR) is 102 cm³/mol. The molecule has 0 aromatic rings. The summed E-state index contributed by atoms with van der Waals surface area (Å²) >= 11 is 3.57. The summed E-state index contributed by atoms with van der Waals surface area (Å²) in [6, 6.07) is 0.658. The summed E-state index contributed by atoms with van der Waals surface area (Å²) in [5.41, 5.74) is 0. The van der Waals surface area contributed by atoms with E-state index in [0.717, 1.165) is 5.92 Å². The maximum Gasteiger partial charge on any atom is 0.0637 e. The van der Waals surface area contributed by atoms with Gasteiger partial charge in [0, 0.05) is 18.7 Å². The monoisotopic (exact) mass is 338 g/mol. The number of piperidine rings is 1. The molecule has 0 radical (unpaired) electrons. The zero-order valence-corrected chi connectivity index (χ0v) is 15.7. The molecular weight excluding hydrogens is 308 g/mol. The molecule has 2 atom stereocenters. The molecule has 2 nitrogen and oxygen atoms in total. The van der Waals surface area contributed by atoms with Crippen LogP contribution in [-0.4, -0.2) is 36.8 Å². The highest BCUT2D eigenvalue weighted by Gasteiger charge is 2.27. The van der Waals surface area contributed by atoms with E-state index in [1.54, 1.807) is 23.7 Å². The van der Waals surface area contributed by atoms with Gasteiger partial charge in [-0.05, 0) is 69.8 Å². The molecule has 1 unspecified atom stereocenters. The van der Waals surface area contributed by atoms with Gasteiger partial charge in [-0.15, -0.1) is 17.7 Å².